The quantitative estimate of drug-likeness (QED) is 0.824. The van der Waals surface area contributed by atoms with E-state index < -0.39 is 0 Å². The van der Waals surface area contributed by atoms with E-state index in [4.69, 9.17) is 0 Å². The molecule has 0 unspecified atom stereocenters. The standard InChI is InChI=1S/C14H25N3/c1-6-13-16-9-12(8-15-7-10(2)3)14(17-13)11(4)5/h9-11,15H,6-8H2,1-5H3. The molecular formula is C14H25N3. The van der Waals surface area contributed by atoms with Gasteiger partial charge in [-0.15, -0.1) is 0 Å². The second-order valence-corrected chi connectivity index (χ2v) is 5.23. The summed E-state index contributed by atoms with van der Waals surface area (Å²) in [7, 11) is 0. The average molecular weight is 235 g/mol. The van der Waals surface area contributed by atoms with Gasteiger partial charge < -0.3 is 5.32 Å². The Morgan fingerprint density at radius 1 is 1.24 bits per heavy atom. The van der Waals surface area contributed by atoms with Gasteiger partial charge in [-0.25, -0.2) is 9.97 Å². The number of nitrogens with zero attached hydrogens (tertiary/aromatic N) is 2. The number of aromatic nitrogens is 2. The van der Waals surface area contributed by atoms with Gasteiger partial charge in [0.05, 0.1) is 5.69 Å². The topological polar surface area (TPSA) is 37.8 Å². The van der Waals surface area contributed by atoms with E-state index in [0.29, 0.717) is 11.8 Å². The first-order chi connectivity index (χ1) is 8.04. The van der Waals surface area contributed by atoms with E-state index in [1.54, 1.807) is 0 Å². The summed E-state index contributed by atoms with van der Waals surface area (Å²) in [6.45, 7) is 12.8. The van der Waals surface area contributed by atoms with Crippen molar-refractivity contribution in [3.63, 3.8) is 0 Å². The van der Waals surface area contributed by atoms with Gasteiger partial charge in [0.15, 0.2) is 0 Å². The third kappa shape index (κ3) is 4.43. The molecule has 0 saturated carbocycles. The lowest BCUT2D eigenvalue weighted by molar-refractivity contribution is 0.547. The van der Waals surface area contributed by atoms with Crippen LogP contribution in [0.1, 0.15) is 57.6 Å². The summed E-state index contributed by atoms with van der Waals surface area (Å²) in [5, 5.41) is 3.45. The van der Waals surface area contributed by atoms with Crippen LogP contribution in [0.2, 0.25) is 0 Å². The van der Waals surface area contributed by atoms with Crippen LogP contribution in [0.15, 0.2) is 6.20 Å². The third-order valence-corrected chi connectivity index (χ3v) is 2.68. The minimum absolute atomic E-state index is 0.458. The van der Waals surface area contributed by atoms with Crippen molar-refractivity contribution in [3.05, 3.63) is 23.3 Å². The fourth-order valence-electron chi connectivity index (χ4n) is 1.76. The highest BCUT2D eigenvalue weighted by atomic mass is 14.9. The second-order valence-electron chi connectivity index (χ2n) is 5.23. The Morgan fingerprint density at radius 2 is 1.94 bits per heavy atom. The predicted molar refractivity (Wildman–Crippen MR) is 72.0 cm³/mol. The highest BCUT2D eigenvalue weighted by molar-refractivity contribution is 5.20. The molecule has 3 heteroatoms. The Morgan fingerprint density at radius 3 is 2.47 bits per heavy atom. The van der Waals surface area contributed by atoms with Crippen LogP contribution in [0, 0.1) is 5.92 Å². The first kappa shape index (κ1) is 14.1. The molecule has 3 nitrogen and oxygen atoms in total. The summed E-state index contributed by atoms with van der Waals surface area (Å²) in [5.41, 5.74) is 2.42. The fourth-order valence-corrected chi connectivity index (χ4v) is 1.76. The number of rotatable bonds is 6. The van der Waals surface area contributed by atoms with E-state index in [1.807, 2.05) is 6.20 Å². The van der Waals surface area contributed by atoms with E-state index >= 15 is 0 Å². The van der Waals surface area contributed by atoms with Gasteiger partial charge >= 0.3 is 0 Å². The maximum absolute atomic E-state index is 4.64. The molecule has 0 aliphatic heterocycles. The Hall–Kier alpha value is -0.960. The van der Waals surface area contributed by atoms with Crippen LogP contribution >= 0.6 is 0 Å². The molecule has 1 rings (SSSR count). The lowest BCUT2D eigenvalue weighted by Crippen LogP contribution is -2.21. The molecule has 0 aliphatic carbocycles. The first-order valence-corrected chi connectivity index (χ1v) is 6.60. The van der Waals surface area contributed by atoms with Crippen LogP contribution in [0.4, 0.5) is 0 Å². The molecule has 0 aromatic carbocycles. The van der Waals surface area contributed by atoms with E-state index in [1.165, 1.54) is 11.3 Å². The van der Waals surface area contributed by atoms with Crippen molar-refractivity contribution >= 4 is 0 Å². The zero-order valence-electron chi connectivity index (χ0n) is 11.7. The molecule has 0 fully saturated rings. The maximum atomic E-state index is 4.64. The molecule has 0 aliphatic rings. The minimum atomic E-state index is 0.458. The van der Waals surface area contributed by atoms with Crippen molar-refractivity contribution < 1.29 is 0 Å². The Labute approximate surface area is 105 Å². The zero-order chi connectivity index (χ0) is 12.8. The summed E-state index contributed by atoms with van der Waals surface area (Å²) in [6.07, 6.45) is 2.88. The third-order valence-electron chi connectivity index (χ3n) is 2.68. The van der Waals surface area contributed by atoms with Crippen LogP contribution in [-0.4, -0.2) is 16.5 Å². The number of hydrogen-bond donors (Lipinski definition) is 1. The molecular weight excluding hydrogens is 210 g/mol. The monoisotopic (exact) mass is 235 g/mol. The van der Waals surface area contributed by atoms with Crippen LogP contribution < -0.4 is 5.32 Å². The van der Waals surface area contributed by atoms with Crippen molar-refractivity contribution in [3.8, 4) is 0 Å². The minimum Gasteiger partial charge on any atom is -0.312 e. The van der Waals surface area contributed by atoms with Crippen LogP contribution in [-0.2, 0) is 13.0 Å². The summed E-state index contributed by atoms with van der Waals surface area (Å²) < 4.78 is 0. The smallest absolute Gasteiger partial charge is 0.128 e. The lowest BCUT2D eigenvalue weighted by atomic mass is 10.0. The average Bonchev–Trinajstić information content (AvgIpc) is 2.28. The summed E-state index contributed by atoms with van der Waals surface area (Å²) in [6, 6.07) is 0. The number of nitrogens with one attached hydrogen (secondary N) is 1. The molecule has 1 heterocycles. The predicted octanol–water partition coefficient (Wildman–Crippen LogP) is 2.91. The molecule has 0 spiro atoms. The lowest BCUT2D eigenvalue weighted by Gasteiger charge is -2.14. The molecule has 1 aromatic rings. The summed E-state index contributed by atoms with van der Waals surface area (Å²) in [4.78, 5) is 9.02. The van der Waals surface area contributed by atoms with Crippen LogP contribution in [0.5, 0.6) is 0 Å². The van der Waals surface area contributed by atoms with Gasteiger partial charge in [0.1, 0.15) is 5.82 Å². The number of aryl methyl sites for hydroxylation is 1. The molecule has 0 bridgehead atoms. The van der Waals surface area contributed by atoms with Gasteiger partial charge in [-0.2, -0.15) is 0 Å². The Balaban J connectivity index is 2.76. The fraction of sp³-hybridized carbons (Fsp3) is 0.714. The largest absolute Gasteiger partial charge is 0.312 e. The number of hydrogen-bond acceptors (Lipinski definition) is 3. The van der Waals surface area contributed by atoms with E-state index in [2.05, 4.69) is 49.9 Å². The summed E-state index contributed by atoms with van der Waals surface area (Å²) in [5.74, 6) is 2.08. The van der Waals surface area contributed by atoms with Gasteiger partial charge in [-0.3, -0.25) is 0 Å². The van der Waals surface area contributed by atoms with E-state index in [-0.39, 0.29) is 0 Å². The molecule has 17 heavy (non-hydrogen) atoms. The van der Waals surface area contributed by atoms with Gasteiger partial charge in [0, 0.05) is 24.7 Å². The van der Waals surface area contributed by atoms with Gasteiger partial charge in [-0.1, -0.05) is 34.6 Å². The van der Waals surface area contributed by atoms with E-state index in [9.17, 15) is 0 Å². The molecule has 96 valence electrons. The molecule has 1 N–H and O–H groups in total. The van der Waals surface area contributed by atoms with Crippen molar-refractivity contribution in [2.24, 2.45) is 5.92 Å². The highest BCUT2D eigenvalue weighted by Crippen LogP contribution is 2.16. The van der Waals surface area contributed by atoms with Crippen molar-refractivity contribution in [1.82, 2.24) is 15.3 Å². The molecule has 0 radical (unpaired) electrons. The first-order valence-electron chi connectivity index (χ1n) is 6.60. The van der Waals surface area contributed by atoms with Gasteiger partial charge in [-0.05, 0) is 18.4 Å². The normalized spacial score (nSPS) is 11.5. The second kappa shape index (κ2) is 6.70. The van der Waals surface area contributed by atoms with Gasteiger partial charge in [0.25, 0.3) is 0 Å². The van der Waals surface area contributed by atoms with Gasteiger partial charge in [0.2, 0.25) is 0 Å². The van der Waals surface area contributed by atoms with Crippen LogP contribution in [0.25, 0.3) is 0 Å². The highest BCUT2D eigenvalue weighted by Gasteiger charge is 2.10. The SMILES string of the molecule is CCc1ncc(CNCC(C)C)c(C(C)C)n1. The Bertz CT molecular complexity index is 345. The summed E-state index contributed by atoms with van der Waals surface area (Å²) >= 11 is 0. The van der Waals surface area contributed by atoms with Crippen molar-refractivity contribution in [1.29, 1.82) is 0 Å². The molecule has 0 saturated heterocycles. The van der Waals surface area contributed by atoms with Crippen molar-refractivity contribution in [2.45, 2.75) is 53.5 Å². The molecule has 0 atom stereocenters. The molecule has 0 amide bonds. The van der Waals surface area contributed by atoms with E-state index in [0.717, 1.165) is 25.3 Å². The Kier molecular flexibility index (Phi) is 5.56. The molecule has 1 aromatic heterocycles. The van der Waals surface area contributed by atoms with Crippen LogP contribution in [0.3, 0.4) is 0 Å². The zero-order valence-corrected chi connectivity index (χ0v) is 11.7. The van der Waals surface area contributed by atoms with Crippen molar-refractivity contribution in [2.75, 3.05) is 6.54 Å². The maximum Gasteiger partial charge on any atom is 0.128 e.